The smallest absolute Gasteiger partial charge is 0.244 e. The number of piperidine rings is 1. The Kier molecular flexibility index (Phi) is 4.26. The van der Waals surface area contributed by atoms with Crippen LogP contribution in [0.2, 0.25) is 0 Å². The van der Waals surface area contributed by atoms with Crippen LogP contribution in [0.4, 0.5) is 0 Å². The van der Waals surface area contributed by atoms with Gasteiger partial charge < -0.3 is 0 Å². The molecular weight excluding hydrogens is 348 g/mol. The van der Waals surface area contributed by atoms with Gasteiger partial charge >= 0.3 is 0 Å². The lowest BCUT2D eigenvalue weighted by atomic mass is 10.1. The van der Waals surface area contributed by atoms with Gasteiger partial charge in [0, 0.05) is 10.9 Å². The number of rotatable bonds is 3. The van der Waals surface area contributed by atoms with E-state index in [0.29, 0.717) is 4.47 Å². The third-order valence-electron chi connectivity index (χ3n) is 2.91. The van der Waals surface area contributed by atoms with Crippen molar-refractivity contribution in [1.29, 1.82) is 0 Å². The van der Waals surface area contributed by atoms with E-state index in [-0.39, 0.29) is 23.6 Å². The van der Waals surface area contributed by atoms with Crippen molar-refractivity contribution in [2.24, 2.45) is 0 Å². The summed E-state index contributed by atoms with van der Waals surface area (Å²) in [6, 6.07) is 3.89. The van der Waals surface area contributed by atoms with Crippen LogP contribution in [0.5, 0.6) is 0 Å². The highest BCUT2D eigenvalue weighted by molar-refractivity contribution is 9.10. The molecule has 1 aliphatic heterocycles. The number of aryl methyl sites for hydroxylation is 1. The highest BCUT2D eigenvalue weighted by atomic mass is 79.9. The molecule has 8 heteroatoms. The Morgan fingerprint density at radius 1 is 1.35 bits per heavy atom. The molecule has 0 bridgehead atoms. The van der Waals surface area contributed by atoms with Crippen LogP contribution in [0.15, 0.2) is 27.6 Å². The topological polar surface area (TPSA) is 92.3 Å². The molecule has 0 saturated carbocycles. The number of nitrogens with one attached hydrogen (secondary N) is 2. The van der Waals surface area contributed by atoms with Crippen molar-refractivity contribution in [2.75, 3.05) is 0 Å². The standard InChI is InChI=1S/C12H13BrN2O4S/c1-7-2-4-10(8(13)6-7)20(18,19)15-9-3-5-11(16)14-12(9)17/h2,4,6,9,15H,3,5H2,1H3,(H,14,16,17). The minimum atomic E-state index is -3.83. The van der Waals surface area contributed by atoms with Crippen molar-refractivity contribution in [3.05, 3.63) is 28.2 Å². The summed E-state index contributed by atoms with van der Waals surface area (Å²) >= 11 is 3.20. The summed E-state index contributed by atoms with van der Waals surface area (Å²) in [6.07, 6.45) is 0.279. The summed E-state index contributed by atoms with van der Waals surface area (Å²) in [5, 5.41) is 2.11. The van der Waals surface area contributed by atoms with E-state index in [0.717, 1.165) is 5.56 Å². The average Bonchev–Trinajstić information content (AvgIpc) is 2.32. The number of benzene rings is 1. The summed E-state index contributed by atoms with van der Waals surface area (Å²) in [7, 11) is -3.83. The third-order valence-corrected chi connectivity index (χ3v) is 5.36. The Hall–Kier alpha value is -1.25. The normalized spacial score (nSPS) is 19.8. The van der Waals surface area contributed by atoms with Crippen LogP contribution in [0, 0.1) is 6.92 Å². The minimum absolute atomic E-state index is 0.0628. The van der Waals surface area contributed by atoms with Crippen molar-refractivity contribution in [2.45, 2.75) is 30.7 Å². The lowest BCUT2D eigenvalue weighted by Gasteiger charge is -2.22. The van der Waals surface area contributed by atoms with Crippen LogP contribution in [-0.4, -0.2) is 26.3 Å². The van der Waals surface area contributed by atoms with Crippen molar-refractivity contribution in [1.82, 2.24) is 10.0 Å². The number of hydrogen-bond acceptors (Lipinski definition) is 4. The quantitative estimate of drug-likeness (QED) is 0.781. The number of carbonyl (C=O) groups is 2. The van der Waals surface area contributed by atoms with E-state index in [2.05, 4.69) is 26.0 Å². The van der Waals surface area contributed by atoms with Gasteiger partial charge in [-0.1, -0.05) is 6.07 Å². The summed E-state index contributed by atoms with van der Waals surface area (Å²) in [5.74, 6) is -1.00. The predicted octanol–water partition coefficient (Wildman–Crippen LogP) is 0.841. The second kappa shape index (κ2) is 5.63. The number of carbonyl (C=O) groups excluding carboxylic acids is 2. The molecule has 1 aromatic rings. The molecule has 0 spiro atoms. The molecule has 2 amide bonds. The van der Waals surface area contributed by atoms with Gasteiger partial charge in [0.1, 0.15) is 6.04 Å². The van der Waals surface area contributed by atoms with Gasteiger partial charge in [0.2, 0.25) is 21.8 Å². The van der Waals surface area contributed by atoms with Crippen LogP contribution in [-0.2, 0) is 19.6 Å². The summed E-state index contributed by atoms with van der Waals surface area (Å²) < 4.78 is 27.3. The molecule has 2 N–H and O–H groups in total. The SMILES string of the molecule is Cc1ccc(S(=O)(=O)NC2CCC(=O)NC2=O)c(Br)c1. The Bertz CT molecular complexity index is 672. The van der Waals surface area contributed by atoms with Gasteiger partial charge in [-0.05, 0) is 47.0 Å². The highest BCUT2D eigenvalue weighted by Gasteiger charge is 2.31. The average molecular weight is 361 g/mol. The number of halogens is 1. The monoisotopic (exact) mass is 360 g/mol. The lowest BCUT2D eigenvalue weighted by molar-refractivity contribution is -0.134. The van der Waals surface area contributed by atoms with Crippen molar-refractivity contribution < 1.29 is 18.0 Å². The second-order valence-electron chi connectivity index (χ2n) is 4.56. The Labute approximate surface area is 125 Å². The van der Waals surface area contributed by atoms with Crippen LogP contribution in [0.25, 0.3) is 0 Å². The van der Waals surface area contributed by atoms with Crippen molar-refractivity contribution in [3.63, 3.8) is 0 Å². The largest absolute Gasteiger partial charge is 0.295 e. The highest BCUT2D eigenvalue weighted by Crippen LogP contribution is 2.23. The molecule has 1 unspecified atom stereocenters. The summed E-state index contributed by atoms with van der Waals surface area (Å²) in [4.78, 5) is 22.7. The van der Waals surface area contributed by atoms with Gasteiger partial charge in [-0.2, -0.15) is 4.72 Å². The van der Waals surface area contributed by atoms with Crippen LogP contribution >= 0.6 is 15.9 Å². The first kappa shape index (κ1) is 15.1. The zero-order valence-electron chi connectivity index (χ0n) is 10.6. The molecular formula is C12H13BrN2O4S. The van der Waals surface area contributed by atoms with Gasteiger partial charge in [0.05, 0.1) is 4.90 Å². The summed E-state index contributed by atoms with van der Waals surface area (Å²) in [6.45, 7) is 1.84. The molecule has 108 valence electrons. The second-order valence-corrected chi connectivity index (χ2v) is 7.10. The Morgan fingerprint density at radius 3 is 2.65 bits per heavy atom. The molecule has 6 nitrogen and oxygen atoms in total. The Balaban J connectivity index is 2.23. The zero-order chi connectivity index (χ0) is 14.9. The molecule has 1 aromatic carbocycles. The number of amides is 2. The fraction of sp³-hybridized carbons (Fsp3) is 0.333. The first-order chi connectivity index (χ1) is 9.29. The predicted molar refractivity (Wildman–Crippen MR) is 75.4 cm³/mol. The molecule has 1 fully saturated rings. The minimum Gasteiger partial charge on any atom is -0.295 e. The molecule has 0 aromatic heterocycles. The maximum atomic E-state index is 12.3. The van der Waals surface area contributed by atoms with E-state index < -0.39 is 22.0 Å². The maximum Gasteiger partial charge on any atom is 0.244 e. The number of sulfonamides is 1. The van der Waals surface area contributed by atoms with E-state index in [1.165, 1.54) is 6.07 Å². The Morgan fingerprint density at radius 2 is 2.05 bits per heavy atom. The number of imide groups is 1. The third kappa shape index (κ3) is 3.25. The lowest BCUT2D eigenvalue weighted by Crippen LogP contribution is -2.52. The molecule has 1 aliphatic rings. The van der Waals surface area contributed by atoms with Gasteiger partial charge in [-0.25, -0.2) is 8.42 Å². The van der Waals surface area contributed by atoms with Gasteiger partial charge in [0.25, 0.3) is 0 Å². The molecule has 2 rings (SSSR count). The van der Waals surface area contributed by atoms with Gasteiger partial charge in [-0.15, -0.1) is 0 Å². The molecule has 1 heterocycles. The van der Waals surface area contributed by atoms with Crippen molar-refractivity contribution in [3.8, 4) is 0 Å². The fourth-order valence-electron chi connectivity index (χ4n) is 1.88. The fourth-order valence-corrected chi connectivity index (χ4v) is 4.30. The number of hydrogen-bond donors (Lipinski definition) is 2. The molecule has 20 heavy (non-hydrogen) atoms. The molecule has 1 saturated heterocycles. The summed E-state index contributed by atoms with van der Waals surface area (Å²) in [5.41, 5.74) is 0.914. The van der Waals surface area contributed by atoms with Crippen LogP contribution in [0.3, 0.4) is 0 Å². The van der Waals surface area contributed by atoms with Crippen LogP contribution in [0.1, 0.15) is 18.4 Å². The first-order valence-corrected chi connectivity index (χ1v) is 8.19. The van der Waals surface area contributed by atoms with E-state index in [1.807, 2.05) is 6.92 Å². The molecule has 0 aliphatic carbocycles. The maximum absolute atomic E-state index is 12.3. The van der Waals surface area contributed by atoms with Gasteiger partial charge in [0.15, 0.2) is 0 Å². The first-order valence-electron chi connectivity index (χ1n) is 5.92. The van der Waals surface area contributed by atoms with Gasteiger partial charge in [-0.3, -0.25) is 14.9 Å². The van der Waals surface area contributed by atoms with E-state index in [1.54, 1.807) is 12.1 Å². The molecule has 1 atom stereocenters. The van der Waals surface area contributed by atoms with E-state index in [9.17, 15) is 18.0 Å². The van der Waals surface area contributed by atoms with Crippen molar-refractivity contribution >= 4 is 37.8 Å². The van der Waals surface area contributed by atoms with E-state index in [4.69, 9.17) is 0 Å². The molecule has 0 radical (unpaired) electrons. The van der Waals surface area contributed by atoms with E-state index >= 15 is 0 Å². The zero-order valence-corrected chi connectivity index (χ0v) is 13.0. The van der Waals surface area contributed by atoms with Crippen LogP contribution < -0.4 is 10.0 Å².